The van der Waals surface area contributed by atoms with Crippen LogP contribution in [0.1, 0.15) is 38.8 Å². The molecule has 1 aromatic carbocycles. The van der Waals surface area contributed by atoms with Crippen molar-refractivity contribution in [2.75, 3.05) is 0 Å². The molecule has 0 aromatic heterocycles. The third-order valence-electron chi connectivity index (χ3n) is 2.74. The summed E-state index contributed by atoms with van der Waals surface area (Å²) in [6, 6.07) is 7.08. The van der Waals surface area contributed by atoms with Crippen LogP contribution in [0.4, 0.5) is 4.79 Å². The van der Waals surface area contributed by atoms with E-state index in [-0.39, 0.29) is 18.5 Å². The lowest BCUT2D eigenvalue weighted by Crippen LogP contribution is -2.49. The first-order chi connectivity index (χ1) is 9.19. The van der Waals surface area contributed by atoms with Crippen LogP contribution in [0.3, 0.4) is 0 Å². The Labute approximate surface area is 126 Å². The van der Waals surface area contributed by atoms with E-state index in [4.69, 9.17) is 5.11 Å². The number of benzene rings is 1. The summed E-state index contributed by atoms with van der Waals surface area (Å²) < 4.78 is 0.940. The highest BCUT2D eigenvalue weighted by atomic mass is 79.9. The van der Waals surface area contributed by atoms with E-state index in [1.165, 1.54) is 0 Å². The molecule has 0 aliphatic carbocycles. The predicted octanol–water partition coefficient (Wildman–Crippen LogP) is 3.06. The van der Waals surface area contributed by atoms with Gasteiger partial charge in [-0.3, -0.25) is 4.79 Å². The molecule has 1 unspecified atom stereocenters. The minimum atomic E-state index is -0.949. The van der Waals surface area contributed by atoms with E-state index in [1.54, 1.807) is 13.8 Å². The molecule has 1 atom stereocenters. The van der Waals surface area contributed by atoms with Crippen LogP contribution in [-0.2, 0) is 4.79 Å². The number of carboxylic acids is 1. The van der Waals surface area contributed by atoms with Crippen LogP contribution < -0.4 is 10.6 Å². The number of aliphatic carboxylic acids is 1. The van der Waals surface area contributed by atoms with E-state index < -0.39 is 11.5 Å². The van der Waals surface area contributed by atoms with Crippen molar-refractivity contribution in [1.82, 2.24) is 10.6 Å². The van der Waals surface area contributed by atoms with Gasteiger partial charge in [0, 0.05) is 10.0 Å². The second kappa shape index (κ2) is 6.74. The van der Waals surface area contributed by atoms with Gasteiger partial charge in [0.25, 0.3) is 0 Å². The van der Waals surface area contributed by atoms with Crippen LogP contribution in [0.2, 0.25) is 0 Å². The maximum Gasteiger partial charge on any atom is 0.315 e. The molecule has 0 fully saturated rings. The molecule has 20 heavy (non-hydrogen) atoms. The smallest absolute Gasteiger partial charge is 0.315 e. The fourth-order valence-corrected chi connectivity index (χ4v) is 2.24. The first kappa shape index (κ1) is 16.5. The molecule has 0 bridgehead atoms. The van der Waals surface area contributed by atoms with Crippen molar-refractivity contribution in [3.05, 3.63) is 34.3 Å². The average Bonchev–Trinajstić information content (AvgIpc) is 2.25. The van der Waals surface area contributed by atoms with E-state index in [9.17, 15) is 9.59 Å². The summed E-state index contributed by atoms with van der Waals surface area (Å²) in [5.74, 6) is -0.949. The van der Waals surface area contributed by atoms with E-state index in [2.05, 4.69) is 26.6 Å². The lowest BCUT2D eigenvalue weighted by molar-refractivity contribution is -0.138. The topological polar surface area (TPSA) is 78.4 Å². The fourth-order valence-electron chi connectivity index (χ4n) is 1.82. The summed E-state index contributed by atoms with van der Waals surface area (Å²) in [6.07, 6.45) is -0.133. The van der Waals surface area contributed by atoms with Crippen molar-refractivity contribution < 1.29 is 14.7 Å². The Morgan fingerprint density at radius 2 is 2.05 bits per heavy atom. The molecular weight excluding hydrogens is 324 g/mol. The van der Waals surface area contributed by atoms with Gasteiger partial charge in [-0.25, -0.2) is 4.79 Å². The molecule has 3 N–H and O–H groups in total. The molecular formula is C14H19BrN2O3. The summed E-state index contributed by atoms with van der Waals surface area (Å²) >= 11 is 3.38. The van der Waals surface area contributed by atoms with Crippen molar-refractivity contribution in [3.63, 3.8) is 0 Å². The van der Waals surface area contributed by atoms with Crippen LogP contribution in [0, 0.1) is 0 Å². The predicted molar refractivity (Wildman–Crippen MR) is 80.6 cm³/mol. The fraction of sp³-hybridized carbons (Fsp3) is 0.429. The molecule has 0 saturated heterocycles. The number of hydrogen-bond acceptors (Lipinski definition) is 2. The highest BCUT2D eigenvalue weighted by molar-refractivity contribution is 9.10. The molecule has 0 heterocycles. The maximum absolute atomic E-state index is 11.9. The average molecular weight is 343 g/mol. The van der Waals surface area contributed by atoms with E-state index >= 15 is 0 Å². The number of hydrogen-bond donors (Lipinski definition) is 3. The number of carbonyl (C=O) groups excluding carboxylic acids is 1. The highest BCUT2D eigenvalue weighted by Crippen LogP contribution is 2.18. The van der Waals surface area contributed by atoms with Crippen molar-refractivity contribution in [1.29, 1.82) is 0 Å². The Morgan fingerprint density at radius 1 is 1.40 bits per heavy atom. The SMILES string of the molecule is CC(NC(=O)NC(C)(C)CC(=O)O)c1cccc(Br)c1. The van der Waals surface area contributed by atoms with Crippen LogP contribution in [-0.4, -0.2) is 22.6 Å². The number of nitrogens with one attached hydrogen (secondary N) is 2. The molecule has 0 spiro atoms. The number of urea groups is 1. The van der Waals surface area contributed by atoms with Gasteiger partial charge in [0.05, 0.1) is 12.5 Å². The number of halogens is 1. The van der Waals surface area contributed by atoms with Gasteiger partial charge in [0.15, 0.2) is 0 Å². The molecule has 0 radical (unpaired) electrons. The standard InChI is InChI=1S/C14H19BrN2O3/c1-9(10-5-4-6-11(15)7-10)16-13(20)17-14(2,3)8-12(18)19/h4-7,9H,8H2,1-3H3,(H,18,19)(H2,16,17,20). The largest absolute Gasteiger partial charge is 0.481 e. The Bertz CT molecular complexity index is 503. The lowest BCUT2D eigenvalue weighted by Gasteiger charge is -2.25. The van der Waals surface area contributed by atoms with Gasteiger partial charge in [0.2, 0.25) is 0 Å². The van der Waals surface area contributed by atoms with Crippen LogP contribution in [0.15, 0.2) is 28.7 Å². The molecule has 1 aromatic rings. The summed E-state index contributed by atoms with van der Waals surface area (Å²) in [7, 11) is 0. The van der Waals surface area contributed by atoms with Crippen LogP contribution >= 0.6 is 15.9 Å². The third-order valence-corrected chi connectivity index (χ3v) is 3.23. The number of amides is 2. The molecule has 2 amide bonds. The van der Waals surface area contributed by atoms with Gasteiger partial charge in [-0.1, -0.05) is 28.1 Å². The number of carbonyl (C=O) groups is 2. The zero-order valence-electron chi connectivity index (χ0n) is 11.7. The van der Waals surface area contributed by atoms with Crippen molar-refractivity contribution >= 4 is 27.9 Å². The van der Waals surface area contributed by atoms with Crippen molar-refractivity contribution in [3.8, 4) is 0 Å². The van der Waals surface area contributed by atoms with Gasteiger partial charge in [-0.2, -0.15) is 0 Å². The van der Waals surface area contributed by atoms with E-state index in [0.717, 1.165) is 10.0 Å². The normalized spacial score (nSPS) is 12.6. The first-order valence-corrected chi connectivity index (χ1v) is 7.05. The minimum Gasteiger partial charge on any atom is -0.481 e. The summed E-state index contributed by atoms with van der Waals surface area (Å²) in [6.45, 7) is 5.21. The summed E-state index contributed by atoms with van der Waals surface area (Å²) in [5, 5.41) is 14.2. The Kier molecular flexibility index (Phi) is 5.56. The van der Waals surface area contributed by atoms with Gasteiger partial charge >= 0.3 is 12.0 Å². The molecule has 0 saturated carbocycles. The van der Waals surface area contributed by atoms with Gasteiger partial charge in [0.1, 0.15) is 0 Å². The quantitative estimate of drug-likeness (QED) is 0.769. The van der Waals surface area contributed by atoms with E-state index in [0.29, 0.717) is 0 Å². The van der Waals surface area contributed by atoms with Gasteiger partial charge < -0.3 is 15.7 Å². The third kappa shape index (κ3) is 5.61. The van der Waals surface area contributed by atoms with Gasteiger partial charge in [-0.05, 0) is 38.5 Å². The molecule has 0 aliphatic heterocycles. The lowest BCUT2D eigenvalue weighted by atomic mass is 10.0. The first-order valence-electron chi connectivity index (χ1n) is 6.25. The Morgan fingerprint density at radius 3 is 2.60 bits per heavy atom. The maximum atomic E-state index is 11.9. The van der Waals surface area contributed by atoms with Crippen LogP contribution in [0.25, 0.3) is 0 Å². The monoisotopic (exact) mass is 342 g/mol. The Balaban J connectivity index is 2.60. The molecule has 5 nitrogen and oxygen atoms in total. The zero-order valence-corrected chi connectivity index (χ0v) is 13.3. The molecule has 110 valence electrons. The van der Waals surface area contributed by atoms with Crippen LogP contribution in [0.5, 0.6) is 0 Å². The minimum absolute atomic E-state index is 0.133. The molecule has 6 heteroatoms. The second-order valence-electron chi connectivity index (χ2n) is 5.33. The second-order valence-corrected chi connectivity index (χ2v) is 6.25. The summed E-state index contributed by atoms with van der Waals surface area (Å²) in [4.78, 5) is 22.6. The van der Waals surface area contributed by atoms with E-state index in [1.807, 2.05) is 31.2 Å². The molecule has 1 rings (SSSR count). The Hall–Kier alpha value is -1.56. The van der Waals surface area contributed by atoms with Crippen molar-refractivity contribution in [2.45, 2.75) is 38.8 Å². The number of carboxylic acid groups (broad SMARTS) is 1. The highest BCUT2D eigenvalue weighted by Gasteiger charge is 2.24. The number of rotatable bonds is 5. The molecule has 0 aliphatic rings. The van der Waals surface area contributed by atoms with Crippen molar-refractivity contribution in [2.24, 2.45) is 0 Å². The van der Waals surface area contributed by atoms with Gasteiger partial charge in [-0.15, -0.1) is 0 Å². The zero-order chi connectivity index (χ0) is 15.3. The summed E-state index contributed by atoms with van der Waals surface area (Å²) in [5.41, 5.74) is 0.165.